The van der Waals surface area contributed by atoms with E-state index < -0.39 is 10.0 Å². The predicted molar refractivity (Wildman–Crippen MR) is 104 cm³/mol. The number of sulfonamides is 1. The molecule has 154 valence electrons. The van der Waals surface area contributed by atoms with E-state index >= 15 is 0 Å². The molecule has 2 aromatic rings. The van der Waals surface area contributed by atoms with Gasteiger partial charge in [0, 0.05) is 39.4 Å². The van der Waals surface area contributed by atoms with Crippen LogP contribution >= 0.6 is 0 Å². The Labute approximate surface area is 165 Å². The lowest BCUT2D eigenvalue weighted by Crippen LogP contribution is -2.45. The van der Waals surface area contributed by atoms with Crippen LogP contribution in [0.3, 0.4) is 0 Å². The van der Waals surface area contributed by atoms with Crippen LogP contribution in [0.1, 0.15) is 30.7 Å². The summed E-state index contributed by atoms with van der Waals surface area (Å²) in [6.45, 7) is 5.59. The zero-order chi connectivity index (χ0) is 20.3. The fraction of sp³-hybridized carbons (Fsp3) is 0.611. The van der Waals surface area contributed by atoms with E-state index in [2.05, 4.69) is 15.5 Å². The maximum atomic E-state index is 12.9. The van der Waals surface area contributed by atoms with E-state index in [1.807, 2.05) is 23.9 Å². The summed E-state index contributed by atoms with van der Waals surface area (Å²) in [4.78, 5) is 12.7. The van der Waals surface area contributed by atoms with Gasteiger partial charge in [-0.15, -0.1) is 0 Å². The fourth-order valence-electron chi connectivity index (χ4n) is 3.43. The summed E-state index contributed by atoms with van der Waals surface area (Å²) in [5, 5.41) is 11.3. The molecule has 0 aromatic carbocycles. The Morgan fingerprint density at radius 2 is 2.14 bits per heavy atom. The van der Waals surface area contributed by atoms with Crippen molar-refractivity contribution in [3.63, 3.8) is 0 Å². The highest BCUT2D eigenvalue weighted by molar-refractivity contribution is 7.89. The number of amides is 1. The Morgan fingerprint density at radius 3 is 2.79 bits per heavy atom. The molecule has 0 bridgehead atoms. The molecule has 0 spiro atoms. The normalized spacial score (nSPS) is 18.3. The van der Waals surface area contributed by atoms with Crippen molar-refractivity contribution in [2.75, 3.05) is 19.6 Å². The van der Waals surface area contributed by atoms with Crippen molar-refractivity contribution >= 4 is 15.9 Å². The molecule has 28 heavy (non-hydrogen) atoms. The van der Waals surface area contributed by atoms with Gasteiger partial charge >= 0.3 is 0 Å². The van der Waals surface area contributed by atoms with Gasteiger partial charge < -0.3 is 5.32 Å². The van der Waals surface area contributed by atoms with Gasteiger partial charge in [-0.1, -0.05) is 0 Å². The minimum atomic E-state index is -3.64. The van der Waals surface area contributed by atoms with E-state index in [-0.39, 0.29) is 23.3 Å². The van der Waals surface area contributed by atoms with E-state index in [9.17, 15) is 13.2 Å². The third kappa shape index (κ3) is 4.44. The van der Waals surface area contributed by atoms with Gasteiger partial charge in [0.05, 0.1) is 23.5 Å². The zero-order valence-corrected chi connectivity index (χ0v) is 17.4. The van der Waals surface area contributed by atoms with Crippen molar-refractivity contribution in [3.8, 4) is 0 Å². The molecule has 3 rings (SSSR count). The molecule has 10 heteroatoms. The number of aromatic nitrogens is 4. The molecule has 1 saturated heterocycles. The number of hydrogen-bond donors (Lipinski definition) is 1. The van der Waals surface area contributed by atoms with Crippen LogP contribution in [0.15, 0.2) is 23.4 Å². The number of piperidine rings is 1. The molecule has 1 atom stereocenters. The van der Waals surface area contributed by atoms with E-state index in [1.165, 1.54) is 10.5 Å². The van der Waals surface area contributed by atoms with Gasteiger partial charge in [-0.25, -0.2) is 8.42 Å². The predicted octanol–water partition coefficient (Wildman–Crippen LogP) is 0.841. The molecular weight excluding hydrogens is 380 g/mol. The number of nitrogens with zero attached hydrogens (tertiary/aromatic N) is 5. The van der Waals surface area contributed by atoms with Gasteiger partial charge in [0.1, 0.15) is 4.90 Å². The number of aryl methyl sites for hydroxylation is 3. The summed E-state index contributed by atoms with van der Waals surface area (Å²) in [5.41, 5.74) is 1.57. The van der Waals surface area contributed by atoms with Gasteiger partial charge in [0.2, 0.25) is 15.9 Å². The standard InChI is InChI=1S/C18H28N6O3S/c1-14-7-11-23(21-14)9-5-8-19-18(25)16-6-4-10-24(13-16)28(26,27)17-12-20-22(3)15(17)2/h7,11-12,16H,4-6,8-10,13H2,1-3H3,(H,19,25). The number of nitrogens with one attached hydrogen (secondary N) is 1. The molecule has 1 unspecified atom stereocenters. The zero-order valence-electron chi connectivity index (χ0n) is 16.6. The number of carbonyl (C=O) groups excluding carboxylic acids is 1. The van der Waals surface area contributed by atoms with Crippen molar-refractivity contribution in [3.05, 3.63) is 29.8 Å². The van der Waals surface area contributed by atoms with Crippen LogP contribution in [-0.4, -0.2) is 57.8 Å². The van der Waals surface area contributed by atoms with Gasteiger partial charge in [0.25, 0.3) is 0 Å². The lowest BCUT2D eigenvalue weighted by atomic mass is 9.99. The number of rotatable bonds is 7. The molecule has 0 radical (unpaired) electrons. The molecule has 2 aromatic heterocycles. The fourth-order valence-corrected chi connectivity index (χ4v) is 5.14. The largest absolute Gasteiger partial charge is 0.356 e. The first-order valence-corrected chi connectivity index (χ1v) is 11.0. The minimum Gasteiger partial charge on any atom is -0.356 e. The highest BCUT2D eigenvalue weighted by atomic mass is 32.2. The second-order valence-electron chi connectivity index (χ2n) is 7.28. The summed E-state index contributed by atoms with van der Waals surface area (Å²) >= 11 is 0. The summed E-state index contributed by atoms with van der Waals surface area (Å²) in [7, 11) is -1.93. The summed E-state index contributed by atoms with van der Waals surface area (Å²) in [6.07, 6.45) is 5.44. The van der Waals surface area contributed by atoms with E-state index in [1.54, 1.807) is 18.7 Å². The molecular formula is C18H28N6O3S. The third-order valence-electron chi connectivity index (χ3n) is 5.20. The van der Waals surface area contributed by atoms with E-state index in [0.29, 0.717) is 31.6 Å². The Kier molecular flexibility index (Phi) is 6.19. The van der Waals surface area contributed by atoms with Gasteiger partial charge in [0.15, 0.2) is 0 Å². The van der Waals surface area contributed by atoms with E-state index in [4.69, 9.17) is 0 Å². The summed E-state index contributed by atoms with van der Waals surface area (Å²) < 4.78 is 30.7. The molecule has 1 amide bonds. The van der Waals surface area contributed by atoms with Crippen LogP contribution in [0, 0.1) is 19.8 Å². The monoisotopic (exact) mass is 408 g/mol. The first-order valence-electron chi connectivity index (χ1n) is 9.55. The van der Waals surface area contributed by atoms with Crippen molar-refractivity contribution < 1.29 is 13.2 Å². The van der Waals surface area contributed by atoms with Crippen LogP contribution < -0.4 is 5.32 Å². The van der Waals surface area contributed by atoms with Crippen molar-refractivity contribution in [1.29, 1.82) is 0 Å². The van der Waals surface area contributed by atoms with Crippen molar-refractivity contribution in [1.82, 2.24) is 29.2 Å². The molecule has 1 N–H and O–H groups in total. The minimum absolute atomic E-state index is 0.0838. The lowest BCUT2D eigenvalue weighted by Gasteiger charge is -2.31. The van der Waals surface area contributed by atoms with E-state index in [0.717, 1.165) is 18.7 Å². The third-order valence-corrected chi connectivity index (χ3v) is 7.17. The van der Waals surface area contributed by atoms with Crippen LogP contribution in [-0.2, 0) is 28.4 Å². The van der Waals surface area contributed by atoms with Crippen LogP contribution in [0.4, 0.5) is 0 Å². The first-order chi connectivity index (χ1) is 13.3. The smallest absolute Gasteiger partial charge is 0.246 e. The summed E-state index contributed by atoms with van der Waals surface area (Å²) in [5.74, 6) is -0.410. The first kappa shape index (κ1) is 20.5. The molecule has 1 fully saturated rings. The van der Waals surface area contributed by atoms with Gasteiger partial charge in [-0.3, -0.25) is 14.2 Å². The Bertz CT molecular complexity index is 933. The Hall–Kier alpha value is -2.20. The van der Waals surface area contributed by atoms with Crippen LogP contribution in [0.2, 0.25) is 0 Å². The van der Waals surface area contributed by atoms with Crippen LogP contribution in [0.25, 0.3) is 0 Å². The lowest BCUT2D eigenvalue weighted by molar-refractivity contribution is -0.126. The van der Waals surface area contributed by atoms with Crippen molar-refractivity contribution in [2.45, 2.75) is 44.6 Å². The number of hydrogen-bond acceptors (Lipinski definition) is 5. The highest BCUT2D eigenvalue weighted by Crippen LogP contribution is 2.25. The highest BCUT2D eigenvalue weighted by Gasteiger charge is 2.34. The SMILES string of the molecule is Cc1ccn(CCCNC(=O)C2CCCN(S(=O)(=O)c3cnn(C)c3C)C2)n1. The average Bonchev–Trinajstić information content (AvgIpc) is 3.24. The van der Waals surface area contributed by atoms with Gasteiger partial charge in [-0.05, 0) is 39.2 Å². The maximum absolute atomic E-state index is 12.9. The topological polar surface area (TPSA) is 102 Å². The molecule has 1 aliphatic heterocycles. The molecule has 0 aliphatic carbocycles. The second kappa shape index (κ2) is 8.44. The van der Waals surface area contributed by atoms with Gasteiger partial charge in [-0.2, -0.15) is 14.5 Å². The van der Waals surface area contributed by atoms with Crippen molar-refractivity contribution in [2.24, 2.45) is 13.0 Å². The maximum Gasteiger partial charge on any atom is 0.246 e. The molecule has 9 nitrogen and oxygen atoms in total. The Morgan fingerprint density at radius 1 is 1.36 bits per heavy atom. The number of carbonyl (C=O) groups is 1. The molecule has 0 saturated carbocycles. The van der Waals surface area contributed by atoms with Crippen LogP contribution in [0.5, 0.6) is 0 Å². The molecule has 3 heterocycles. The second-order valence-corrected chi connectivity index (χ2v) is 9.19. The summed E-state index contributed by atoms with van der Waals surface area (Å²) in [6, 6.07) is 1.94. The average molecular weight is 409 g/mol. The quantitative estimate of drug-likeness (QED) is 0.684. The Balaban J connectivity index is 1.53. The molecule has 1 aliphatic rings.